The Kier molecular flexibility index (Phi) is 2.74. The summed E-state index contributed by atoms with van der Waals surface area (Å²) in [6.45, 7) is 7.63. The molecule has 0 saturated heterocycles. The van der Waals surface area contributed by atoms with Crippen LogP contribution < -0.4 is 5.73 Å². The van der Waals surface area contributed by atoms with Crippen LogP contribution >= 0.6 is 0 Å². The summed E-state index contributed by atoms with van der Waals surface area (Å²) >= 11 is 0. The third-order valence-electron chi connectivity index (χ3n) is 3.05. The molecule has 3 nitrogen and oxygen atoms in total. The van der Waals surface area contributed by atoms with Crippen molar-refractivity contribution in [3.05, 3.63) is 23.7 Å². The van der Waals surface area contributed by atoms with Gasteiger partial charge in [-0.3, -0.25) is 0 Å². The Morgan fingerprint density at radius 2 is 1.93 bits per heavy atom. The number of nitrogens with two attached hydrogens (primary N) is 1. The summed E-state index contributed by atoms with van der Waals surface area (Å²) in [6.07, 6.45) is 0. The van der Waals surface area contributed by atoms with Gasteiger partial charge in [-0.2, -0.15) is 0 Å². The molecule has 0 bridgehead atoms. The number of aliphatic hydroxyl groups excluding tert-OH is 1. The molecule has 0 spiro atoms. The van der Waals surface area contributed by atoms with E-state index in [1.807, 2.05) is 39.8 Å². The second-order valence-electron chi connectivity index (χ2n) is 4.65. The van der Waals surface area contributed by atoms with Crippen LogP contribution in [0.3, 0.4) is 0 Å². The van der Waals surface area contributed by atoms with E-state index in [4.69, 9.17) is 10.2 Å². The molecule has 0 fully saturated rings. The normalized spacial score (nSPS) is 16.7. The van der Waals surface area contributed by atoms with Gasteiger partial charge in [0.05, 0.1) is 12.1 Å². The van der Waals surface area contributed by atoms with Gasteiger partial charge in [0.2, 0.25) is 0 Å². The number of furan rings is 1. The smallest absolute Gasteiger partial charge is 0.124 e. The first-order valence-electron chi connectivity index (χ1n) is 4.78. The average Bonchev–Trinajstić information content (AvgIpc) is 2.52. The molecular weight excluding hydrogens is 178 g/mol. The van der Waals surface area contributed by atoms with Crippen molar-refractivity contribution < 1.29 is 9.52 Å². The largest absolute Gasteiger partial charge is 0.464 e. The second kappa shape index (κ2) is 3.41. The lowest BCUT2D eigenvalue weighted by molar-refractivity contribution is 0.0672. The lowest BCUT2D eigenvalue weighted by atomic mass is 9.73. The number of aliphatic hydroxyl groups is 1. The molecule has 80 valence electrons. The fraction of sp³-hybridized carbons (Fsp3) is 0.636. The van der Waals surface area contributed by atoms with E-state index in [0.29, 0.717) is 5.76 Å². The van der Waals surface area contributed by atoms with E-state index in [1.54, 1.807) is 0 Å². The van der Waals surface area contributed by atoms with Crippen molar-refractivity contribution in [3.8, 4) is 0 Å². The molecule has 1 atom stereocenters. The molecule has 0 unspecified atom stereocenters. The summed E-state index contributed by atoms with van der Waals surface area (Å²) in [4.78, 5) is 0. The van der Waals surface area contributed by atoms with Gasteiger partial charge >= 0.3 is 0 Å². The van der Waals surface area contributed by atoms with Gasteiger partial charge in [-0.15, -0.1) is 0 Å². The predicted molar refractivity (Wildman–Crippen MR) is 55.9 cm³/mol. The van der Waals surface area contributed by atoms with Crippen LogP contribution in [0.4, 0.5) is 0 Å². The fourth-order valence-corrected chi connectivity index (χ4v) is 1.21. The van der Waals surface area contributed by atoms with Crippen LogP contribution in [0.25, 0.3) is 0 Å². The lowest BCUT2D eigenvalue weighted by Crippen LogP contribution is -2.49. The van der Waals surface area contributed by atoms with E-state index >= 15 is 0 Å². The number of rotatable bonds is 3. The molecule has 0 aliphatic rings. The van der Waals surface area contributed by atoms with Gasteiger partial charge in [0, 0.05) is 5.41 Å². The highest BCUT2D eigenvalue weighted by Gasteiger charge is 2.41. The van der Waals surface area contributed by atoms with E-state index in [2.05, 4.69) is 0 Å². The Bertz CT molecular complexity index is 313. The molecule has 3 heteroatoms. The Morgan fingerprint density at radius 1 is 1.36 bits per heavy atom. The molecule has 14 heavy (non-hydrogen) atoms. The molecule has 0 aliphatic carbocycles. The van der Waals surface area contributed by atoms with Gasteiger partial charge in [-0.25, -0.2) is 0 Å². The van der Waals surface area contributed by atoms with Gasteiger partial charge in [0.25, 0.3) is 0 Å². The molecule has 0 saturated carbocycles. The minimum absolute atomic E-state index is 0.0275. The van der Waals surface area contributed by atoms with Crippen LogP contribution in [-0.4, -0.2) is 11.7 Å². The van der Waals surface area contributed by atoms with Gasteiger partial charge in [0.15, 0.2) is 0 Å². The summed E-state index contributed by atoms with van der Waals surface area (Å²) in [5, 5.41) is 9.28. The number of hydrogen-bond acceptors (Lipinski definition) is 3. The van der Waals surface area contributed by atoms with E-state index < -0.39 is 11.0 Å². The quantitative estimate of drug-likeness (QED) is 0.776. The molecule has 1 heterocycles. The molecule has 3 N–H and O–H groups in total. The molecule has 1 aromatic heterocycles. The van der Waals surface area contributed by atoms with Crippen LogP contribution in [0.5, 0.6) is 0 Å². The van der Waals surface area contributed by atoms with Gasteiger partial charge < -0.3 is 15.3 Å². The zero-order valence-corrected chi connectivity index (χ0v) is 9.29. The zero-order chi connectivity index (χ0) is 11.0. The number of hydrogen-bond donors (Lipinski definition) is 2. The molecule has 0 aromatic carbocycles. The Hall–Kier alpha value is -0.800. The second-order valence-corrected chi connectivity index (χ2v) is 4.65. The zero-order valence-electron chi connectivity index (χ0n) is 9.29. The van der Waals surface area contributed by atoms with Gasteiger partial charge in [-0.05, 0) is 26.0 Å². The highest BCUT2D eigenvalue weighted by molar-refractivity contribution is 5.17. The predicted octanol–water partition coefficient (Wildman–Crippen LogP) is 1.78. The van der Waals surface area contributed by atoms with E-state index in [0.717, 1.165) is 5.76 Å². The maximum Gasteiger partial charge on any atom is 0.124 e. The van der Waals surface area contributed by atoms with Crippen molar-refractivity contribution in [1.82, 2.24) is 0 Å². The Labute approximate surface area is 84.9 Å². The van der Waals surface area contributed by atoms with Crippen LogP contribution in [0.2, 0.25) is 0 Å². The van der Waals surface area contributed by atoms with Gasteiger partial charge in [-0.1, -0.05) is 13.8 Å². The van der Waals surface area contributed by atoms with Crippen molar-refractivity contribution >= 4 is 0 Å². The summed E-state index contributed by atoms with van der Waals surface area (Å²) in [7, 11) is 0. The molecular formula is C11H19NO2. The lowest BCUT2D eigenvalue weighted by Gasteiger charge is -2.38. The third kappa shape index (κ3) is 1.70. The third-order valence-corrected chi connectivity index (χ3v) is 3.05. The summed E-state index contributed by atoms with van der Waals surface area (Å²) in [5.74, 6) is 1.56. The monoisotopic (exact) mass is 197 g/mol. The molecule has 0 amide bonds. The standard InChI is InChI=1S/C11H19NO2/c1-8-5-6-9(14-8)11(4,12)10(2,3)7-13/h5-6,13H,7,12H2,1-4H3/t11-/m1/s1. The Balaban J connectivity index is 3.07. The van der Waals surface area contributed by atoms with Crippen molar-refractivity contribution in [2.75, 3.05) is 6.61 Å². The molecule has 0 aliphatic heterocycles. The minimum atomic E-state index is -0.657. The van der Waals surface area contributed by atoms with Crippen molar-refractivity contribution in [2.45, 2.75) is 33.2 Å². The van der Waals surface area contributed by atoms with Gasteiger partial charge in [0.1, 0.15) is 11.5 Å². The first-order valence-corrected chi connectivity index (χ1v) is 4.78. The SMILES string of the molecule is Cc1ccc([C@@](C)(N)C(C)(C)CO)o1. The number of aryl methyl sites for hydroxylation is 1. The molecule has 1 rings (SSSR count). The van der Waals surface area contributed by atoms with E-state index in [9.17, 15) is 5.11 Å². The fourth-order valence-electron chi connectivity index (χ4n) is 1.21. The molecule has 1 aromatic rings. The summed E-state index contributed by atoms with van der Waals surface area (Å²) < 4.78 is 5.50. The summed E-state index contributed by atoms with van der Waals surface area (Å²) in [5.41, 5.74) is 5.12. The van der Waals surface area contributed by atoms with Crippen molar-refractivity contribution in [2.24, 2.45) is 11.1 Å². The van der Waals surface area contributed by atoms with E-state index in [-0.39, 0.29) is 6.61 Å². The first kappa shape index (κ1) is 11.3. The average molecular weight is 197 g/mol. The topological polar surface area (TPSA) is 59.4 Å². The van der Waals surface area contributed by atoms with Crippen LogP contribution in [-0.2, 0) is 5.54 Å². The van der Waals surface area contributed by atoms with Crippen molar-refractivity contribution in [1.29, 1.82) is 0 Å². The van der Waals surface area contributed by atoms with E-state index in [1.165, 1.54) is 0 Å². The first-order chi connectivity index (χ1) is 6.31. The highest BCUT2D eigenvalue weighted by atomic mass is 16.3. The maximum absolute atomic E-state index is 9.28. The van der Waals surface area contributed by atoms with Crippen LogP contribution in [0.1, 0.15) is 32.3 Å². The van der Waals surface area contributed by atoms with Crippen LogP contribution in [0, 0.1) is 12.3 Å². The summed E-state index contributed by atoms with van der Waals surface area (Å²) in [6, 6.07) is 3.75. The molecule has 0 radical (unpaired) electrons. The highest BCUT2D eigenvalue weighted by Crippen LogP contribution is 2.37. The Morgan fingerprint density at radius 3 is 2.29 bits per heavy atom. The van der Waals surface area contributed by atoms with Crippen LogP contribution in [0.15, 0.2) is 16.5 Å². The van der Waals surface area contributed by atoms with Crippen molar-refractivity contribution in [3.63, 3.8) is 0 Å². The maximum atomic E-state index is 9.28. The minimum Gasteiger partial charge on any atom is -0.464 e.